The molecule has 11 heteroatoms. The van der Waals surface area contributed by atoms with Gasteiger partial charge in [0.1, 0.15) is 5.56 Å². The molecule has 132 valence electrons. The first-order chi connectivity index (χ1) is 11.7. The van der Waals surface area contributed by atoms with E-state index in [-0.39, 0.29) is 22.7 Å². The summed E-state index contributed by atoms with van der Waals surface area (Å²) in [5.41, 5.74) is -1.20. The van der Waals surface area contributed by atoms with Gasteiger partial charge in [0.25, 0.3) is 12.3 Å². The molecule has 2 heterocycles. The topological polar surface area (TPSA) is 83.8 Å². The van der Waals surface area contributed by atoms with Gasteiger partial charge in [-0.3, -0.25) is 10.1 Å². The normalized spacial score (nSPS) is 12.1. The van der Waals surface area contributed by atoms with Crippen LogP contribution in [0.25, 0.3) is 11.0 Å². The molecule has 3 rings (SSSR count). The van der Waals surface area contributed by atoms with Crippen LogP contribution in [0.2, 0.25) is 0 Å². The third-order valence-electron chi connectivity index (χ3n) is 3.36. The Labute approximate surface area is 136 Å². The van der Waals surface area contributed by atoms with Gasteiger partial charge in [-0.05, 0) is 25.1 Å². The fraction of sp³-hybridized carbons (Fsp3) is 0.214. The van der Waals surface area contributed by atoms with Crippen molar-refractivity contribution in [2.24, 2.45) is 0 Å². The number of alkyl halides is 5. The zero-order chi connectivity index (χ0) is 18.4. The minimum absolute atomic E-state index is 0.0289. The fourth-order valence-electron chi connectivity index (χ4n) is 2.23. The van der Waals surface area contributed by atoms with E-state index in [1.807, 2.05) is 0 Å². The van der Waals surface area contributed by atoms with Gasteiger partial charge in [0.05, 0.1) is 22.3 Å². The number of anilines is 1. The number of halogens is 5. The molecule has 0 aliphatic rings. The number of rotatable bonds is 3. The van der Waals surface area contributed by atoms with Crippen molar-refractivity contribution >= 4 is 22.9 Å². The Kier molecular flexibility index (Phi) is 3.93. The summed E-state index contributed by atoms with van der Waals surface area (Å²) in [5.74, 6) is -2.06. The number of aryl methyl sites for hydroxylation is 1. The van der Waals surface area contributed by atoms with Crippen LogP contribution in [0.5, 0.6) is 0 Å². The third-order valence-corrected chi connectivity index (χ3v) is 3.36. The smallest absolute Gasteiger partial charge is 0.354 e. The fourth-order valence-corrected chi connectivity index (χ4v) is 2.23. The molecule has 0 fully saturated rings. The lowest BCUT2D eigenvalue weighted by Gasteiger charge is -2.05. The van der Waals surface area contributed by atoms with Crippen LogP contribution in [-0.2, 0) is 6.18 Å². The Morgan fingerprint density at radius 2 is 2.04 bits per heavy atom. The highest BCUT2D eigenvalue weighted by Gasteiger charge is 2.31. The number of nitrogens with one attached hydrogen (secondary N) is 2. The number of aromatic amines is 1. The second-order valence-electron chi connectivity index (χ2n) is 5.08. The van der Waals surface area contributed by atoms with E-state index in [1.54, 1.807) is 0 Å². The van der Waals surface area contributed by atoms with Crippen molar-refractivity contribution < 1.29 is 31.3 Å². The van der Waals surface area contributed by atoms with E-state index in [1.165, 1.54) is 6.92 Å². The van der Waals surface area contributed by atoms with Crippen LogP contribution >= 0.6 is 0 Å². The first-order valence-electron chi connectivity index (χ1n) is 6.79. The molecule has 0 spiro atoms. The molecule has 0 aliphatic carbocycles. The molecule has 3 aromatic rings. The van der Waals surface area contributed by atoms with Gasteiger partial charge in [0.15, 0.2) is 0 Å². The zero-order valence-corrected chi connectivity index (χ0v) is 12.4. The summed E-state index contributed by atoms with van der Waals surface area (Å²) in [4.78, 5) is 18.5. The number of H-pyrrole nitrogens is 1. The van der Waals surface area contributed by atoms with Gasteiger partial charge in [0.2, 0.25) is 11.7 Å². The Balaban J connectivity index is 1.91. The second-order valence-corrected chi connectivity index (χ2v) is 5.08. The van der Waals surface area contributed by atoms with Gasteiger partial charge >= 0.3 is 6.18 Å². The minimum Gasteiger partial charge on any atom is -0.354 e. The Bertz CT molecular complexity index is 944. The maximum atomic E-state index is 12.8. The standard InChI is InChI=1S/C14H9F5N4O2/c1-5-9(10(11(15)16)25-23-5)12(24)22-13-20-7-3-2-6(14(17,18)19)4-8(7)21-13/h2-4,11H,1H3,(H2,20,21,22,24). The van der Waals surface area contributed by atoms with Crippen LogP contribution in [0.3, 0.4) is 0 Å². The monoisotopic (exact) mass is 360 g/mol. The average molecular weight is 360 g/mol. The lowest BCUT2D eigenvalue weighted by molar-refractivity contribution is -0.137. The van der Waals surface area contributed by atoms with Crippen molar-refractivity contribution in [3.63, 3.8) is 0 Å². The number of fused-ring (bicyclic) bond motifs is 1. The molecule has 0 bridgehead atoms. The SMILES string of the molecule is Cc1noc(C(F)F)c1C(=O)Nc1nc2ccc(C(F)(F)F)cc2[nH]1. The summed E-state index contributed by atoms with van der Waals surface area (Å²) in [5, 5.41) is 5.52. The van der Waals surface area contributed by atoms with Crippen molar-refractivity contribution in [3.05, 3.63) is 40.8 Å². The van der Waals surface area contributed by atoms with E-state index in [2.05, 4.69) is 25.0 Å². The first-order valence-corrected chi connectivity index (χ1v) is 6.79. The van der Waals surface area contributed by atoms with Gasteiger partial charge < -0.3 is 9.51 Å². The van der Waals surface area contributed by atoms with Crippen molar-refractivity contribution in [1.29, 1.82) is 0 Å². The number of nitrogens with zero attached hydrogens (tertiary/aromatic N) is 2. The molecule has 2 N–H and O–H groups in total. The summed E-state index contributed by atoms with van der Waals surface area (Å²) >= 11 is 0. The third kappa shape index (κ3) is 3.16. The largest absolute Gasteiger partial charge is 0.416 e. The lowest BCUT2D eigenvalue weighted by atomic mass is 10.2. The molecule has 0 saturated heterocycles. The molecular weight excluding hydrogens is 351 g/mol. The van der Waals surface area contributed by atoms with Crippen LogP contribution in [-0.4, -0.2) is 21.0 Å². The number of amides is 1. The average Bonchev–Trinajstić information content (AvgIpc) is 3.07. The minimum atomic E-state index is -4.53. The maximum absolute atomic E-state index is 12.8. The van der Waals surface area contributed by atoms with Gasteiger partial charge in [-0.25, -0.2) is 13.8 Å². The zero-order valence-electron chi connectivity index (χ0n) is 12.4. The molecular formula is C14H9F5N4O2. The summed E-state index contributed by atoms with van der Waals surface area (Å²) in [6.07, 6.45) is -7.58. The molecule has 1 aromatic carbocycles. The van der Waals surface area contributed by atoms with E-state index in [0.29, 0.717) is 0 Å². The van der Waals surface area contributed by atoms with E-state index in [0.717, 1.165) is 18.2 Å². The van der Waals surface area contributed by atoms with Gasteiger partial charge in [-0.15, -0.1) is 0 Å². The molecule has 0 radical (unpaired) electrons. The Morgan fingerprint density at radius 1 is 1.32 bits per heavy atom. The van der Waals surface area contributed by atoms with E-state index in [9.17, 15) is 26.7 Å². The van der Waals surface area contributed by atoms with Crippen molar-refractivity contribution in [3.8, 4) is 0 Å². The number of carbonyl (C=O) groups excluding carboxylic acids is 1. The van der Waals surface area contributed by atoms with Gasteiger partial charge in [-0.2, -0.15) is 13.2 Å². The van der Waals surface area contributed by atoms with Crippen LogP contribution in [0, 0.1) is 6.92 Å². The molecule has 0 unspecified atom stereocenters. The maximum Gasteiger partial charge on any atom is 0.416 e. The van der Waals surface area contributed by atoms with Crippen LogP contribution < -0.4 is 5.32 Å². The number of imidazole rings is 1. The van der Waals surface area contributed by atoms with Crippen molar-refractivity contribution in [2.75, 3.05) is 5.32 Å². The van der Waals surface area contributed by atoms with E-state index >= 15 is 0 Å². The highest BCUT2D eigenvalue weighted by molar-refractivity contribution is 6.05. The molecule has 25 heavy (non-hydrogen) atoms. The molecule has 0 saturated carbocycles. The van der Waals surface area contributed by atoms with Crippen molar-refractivity contribution in [1.82, 2.24) is 15.1 Å². The molecule has 0 atom stereocenters. The highest BCUT2D eigenvalue weighted by Crippen LogP contribution is 2.31. The van der Waals surface area contributed by atoms with Crippen molar-refractivity contribution in [2.45, 2.75) is 19.5 Å². The Morgan fingerprint density at radius 3 is 2.68 bits per heavy atom. The number of hydrogen-bond acceptors (Lipinski definition) is 4. The summed E-state index contributed by atoms with van der Waals surface area (Å²) in [6.45, 7) is 1.30. The number of carbonyl (C=O) groups is 1. The predicted octanol–water partition coefficient (Wildman–Crippen LogP) is 4.07. The van der Waals surface area contributed by atoms with Crippen LogP contribution in [0.4, 0.5) is 27.9 Å². The number of hydrogen-bond donors (Lipinski definition) is 2. The van der Waals surface area contributed by atoms with Gasteiger partial charge in [-0.1, -0.05) is 5.16 Å². The van der Waals surface area contributed by atoms with E-state index in [4.69, 9.17) is 0 Å². The molecule has 6 nitrogen and oxygen atoms in total. The van der Waals surface area contributed by atoms with E-state index < -0.39 is 35.4 Å². The molecule has 0 aliphatic heterocycles. The molecule has 1 amide bonds. The summed E-state index contributed by atoms with van der Waals surface area (Å²) in [7, 11) is 0. The highest BCUT2D eigenvalue weighted by atomic mass is 19.4. The quantitative estimate of drug-likeness (QED) is 0.690. The Hall–Kier alpha value is -2.98. The molecule has 2 aromatic heterocycles. The number of aromatic nitrogens is 3. The lowest BCUT2D eigenvalue weighted by Crippen LogP contribution is -2.15. The van der Waals surface area contributed by atoms with Crippen LogP contribution in [0.15, 0.2) is 22.7 Å². The second kappa shape index (κ2) is 5.83. The van der Waals surface area contributed by atoms with Crippen LogP contribution in [0.1, 0.15) is 33.8 Å². The van der Waals surface area contributed by atoms with Gasteiger partial charge in [0, 0.05) is 0 Å². The first kappa shape index (κ1) is 16.9. The predicted molar refractivity (Wildman–Crippen MR) is 75.2 cm³/mol. The summed E-state index contributed by atoms with van der Waals surface area (Å²) in [6, 6.07) is 2.79. The summed E-state index contributed by atoms with van der Waals surface area (Å²) < 4.78 is 68.1. The number of benzene rings is 1.